The third-order valence-electron chi connectivity index (χ3n) is 3.30. The van der Waals surface area contributed by atoms with Crippen LogP contribution in [0.2, 0.25) is 0 Å². The molecule has 23 heavy (non-hydrogen) atoms. The average Bonchev–Trinajstić information content (AvgIpc) is 2.59. The van der Waals surface area contributed by atoms with E-state index < -0.39 is 5.97 Å². The number of hydrogen-bond donors (Lipinski definition) is 1. The van der Waals surface area contributed by atoms with Crippen LogP contribution >= 0.6 is 0 Å². The van der Waals surface area contributed by atoms with Crippen LogP contribution in [0.1, 0.15) is 10.5 Å². The predicted octanol–water partition coefficient (Wildman–Crippen LogP) is 2.76. The van der Waals surface area contributed by atoms with Crippen molar-refractivity contribution in [3.05, 3.63) is 76.7 Å². The van der Waals surface area contributed by atoms with E-state index in [0.717, 1.165) is 0 Å². The molecular weight excluding hydrogens is 294 g/mol. The summed E-state index contributed by atoms with van der Waals surface area (Å²) in [7, 11) is 0. The van der Waals surface area contributed by atoms with E-state index in [1.54, 1.807) is 24.3 Å². The van der Waals surface area contributed by atoms with Gasteiger partial charge in [-0.1, -0.05) is 36.4 Å². The molecule has 0 fully saturated rings. The Morgan fingerprint density at radius 1 is 0.957 bits per heavy atom. The molecule has 0 atom stereocenters. The number of hydrogen-bond acceptors (Lipinski definition) is 4. The van der Waals surface area contributed by atoms with E-state index >= 15 is 0 Å². The third kappa shape index (κ3) is 3.58. The molecule has 0 spiro atoms. The maximum absolute atomic E-state index is 12.0. The fourth-order valence-corrected chi connectivity index (χ4v) is 2.21. The van der Waals surface area contributed by atoms with Crippen LogP contribution in [0.15, 0.2) is 65.5 Å². The highest BCUT2D eigenvalue weighted by atomic mass is 16.6. The second-order valence-electron chi connectivity index (χ2n) is 4.90. The summed E-state index contributed by atoms with van der Waals surface area (Å²) in [6.07, 6.45) is 0. The average molecular weight is 309 g/mol. The summed E-state index contributed by atoms with van der Waals surface area (Å²) in [6.45, 7) is 0.343. The lowest BCUT2D eigenvalue weighted by Gasteiger charge is -2.07. The second kappa shape index (κ2) is 6.79. The van der Waals surface area contributed by atoms with Gasteiger partial charge in [-0.15, -0.1) is 0 Å². The number of ether oxygens (including phenoxy) is 2. The molecule has 0 aliphatic rings. The molecule has 2 aromatic carbocycles. The van der Waals surface area contributed by atoms with Crippen molar-refractivity contribution in [1.82, 2.24) is 4.98 Å². The van der Waals surface area contributed by atoms with E-state index in [1.165, 1.54) is 0 Å². The van der Waals surface area contributed by atoms with Gasteiger partial charge in [-0.3, -0.25) is 4.79 Å². The van der Waals surface area contributed by atoms with Crippen molar-refractivity contribution < 1.29 is 14.3 Å². The summed E-state index contributed by atoms with van der Waals surface area (Å²) in [6, 6.07) is 17.9. The summed E-state index contributed by atoms with van der Waals surface area (Å²) in [5.41, 5.74) is -0.177. The van der Waals surface area contributed by atoms with Crippen LogP contribution in [-0.4, -0.2) is 24.2 Å². The smallest absolute Gasteiger partial charge is 0.354 e. The van der Waals surface area contributed by atoms with Gasteiger partial charge in [0.1, 0.15) is 24.7 Å². The standard InChI is InChI=1S/C18H15NO4/c20-17-15-9-5-4-6-13(15)12-16(19-17)18(21)23-11-10-22-14-7-2-1-3-8-14/h1-9,12H,10-11H2,(H,19,20). The van der Waals surface area contributed by atoms with Gasteiger partial charge in [0.2, 0.25) is 0 Å². The Morgan fingerprint density at radius 2 is 1.70 bits per heavy atom. The Kier molecular flexibility index (Phi) is 4.38. The molecule has 0 saturated carbocycles. The van der Waals surface area contributed by atoms with E-state index in [2.05, 4.69) is 4.98 Å². The Bertz CT molecular complexity index is 871. The summed E-state index contributed by atoms with van der Waals surface area (Å²) >= 11 is 0. The van der Waals surface area contributed by atoms with Crippen LogP contribution in [0, 0.1) is 0 Å². The third-order valence-corrected chi connectivity index (χ3v) is 3.30. The molecule has 0 bridgehead atoms. The molecule has 1 heterocycles. The molecule has 0 aliphatic heterocycles. The SMILES string of the molecule is O=C(OCCOc1ccccc1)c1cc2ccccc2c(=O)[nH]1. The van der Waals surface area contributed by atoms with E-state index in [9.17, 15) is 9.59 Å². The first-order valence-electron chi connectivity index (χ1n) is 7.21. The molecule has 0 radical (unpaired) electrons. The second-order valence-corrected chi connectivity index (χ2v) is 4.90. The number of esters is 1. The highest BCUT2D eigenvalue weighted by molar-refractivity contribution is 5.92. The van der Waals surface area contributed by atoms with Crippen LogP contribution in [-0.2, 0) is 4.74 Å². The Balaban J connectivity index is 1.61. The zero-order valence-electron chi connectivity index (χ0n) is 12.3. The summed E-state index contributed by atoms with van der Waals surface area (Å²) < 4.78 is 10.6. The van der Waals surface area contributed by atoms with Gasteiger partial charge >= 0.3 is 5.97 Å². The topological polar surface area (TPSA) is 68.4 Å². The maximum atomic E-state index is 12.0. The molecule has 116 valence electrons. The number of aromatic nitrogens is 1. The summed E-state index contributed by atoms with van der Waals surface area (Å²) in [5, 5.41) is 1.24. The van der Waals surface area contributed by atoms with Gasteiger partial charge in [-0.2, -0.15) is 0 Å². The first kappa shape index (κ1) is 14.8. The number of nitrogens with one attached hydrogen (secondary N) is 1. The minimum atomic E-state index is -0.579. The number of aromatic amines is 1. The van der Waals surface area contributed by atoms with Gasteiger partial charge < -0.3 is 14.5 Å². The van der Waals surface area contributed by atoms with Crippen molar-refractivity contribution in [2.45, 2.75) is 0 Å². The van der Waals surface area contributed by atoms with Gasteiger partial charge in [-0.05, 0) is 29.7 Å². The Morgan fingerprint density at radius 3 is 2.52 bits per heavy atom. The van der Waals surface area contributed by atoms with E-state index in [1.807, 2.05) is 36.4 Å². The normalized spacial score (nSPS) is 10.4. The van der Waals surface area contributed by atoms with Crippen molar-refractivity contribution >= 4 is 16.7 Å². The lowest BCUT2D eigenvalue weighted by atomic mass is 10.1. The molecule has 3 rings (SSSR count). The van der Waals surface area contributed by atoms with Crippen LogP contribution in [0.25, 0.3) is 10.8 Å². The fourth-order valence-electron chi connectivity index (χ4n) is 2.21. The lowest BCUT2D eigenvalue weighted by Crippen LogP contribution is -2.17. The predicted molar refractivity (Wildman–Crippen MR) is 86.8 cm³/mol. The molecule has 5 heteroatoms. The van der Waals surface area contributed by atoms with Crippen LogP contribution < -0.4 is 10.3 Å². The van der Waals surface area contributed by atoms with E-state index in [0.29, 0.717) is 16.5 Å². The minimum Gasteiger partial charge on any atom is -0.490 e. The molecule has 3 aromatic rings. The molecule has 0 aliphatic carbocycles. The highest BCUT2D eigenvalue weighted by Crippen LogP contribution is 2.11. The van der Waals surface area contributed by atoms with Gasteiger partial charge in [0.25, 0.3) is 5.56 Å². The highest BCUT2D eigenvalue weighted by Gasteiger charge is 2.10. The molecule has 0 unspecified atom stereocenters. The number of H-pyrrole nitrogens is 1. The Hall–Kier alpha value is -3.08. The number of pyridine rings is 1. The maximum Gasteiger partial charge on any atom is 0.354 e. The van der Waals surface area contributed by atoms with Crippen LogP contribution in [0.5, 0.6) is 5.75 Å². The zero-order valence-corrected chi connectivity index (χ0v) is 12.3. The molecule has 0 saturated heterocycles. The number of carbonyl (C=O) groups excluding carboxylic acids is 1. The van der Waals surface area contributed by atoms with Crippen molar-refractivity contribution in [1.29, 1.82) is 0 Å². The zero-order chi connectivity index (χ0) is 16.1. The molecular formula is C18H15NO4. The van der Waals surface area contributed by atoms with Gasteiger partial charge in [0.15, 0.2) is 0 Å². The van der Waals surface area contributed by atoms with Crippen molar-refractivity contribution in [2.75, 3.05) is 13.2 Å². The van der Waals surface area contributed by atoms with E-state index in [4.69, 9.17) is 9.47 Å². The van der Waals surface area contributed by atoms with E-state index in [-0.39, 0.29) is 24.5 Å². The molecule has 0 amide bonds. The number of para-hydroxylation sites is 1. The monoisotopic (exact) mass is 309 g/mol. The summed E-state index contributed by atoms with van der Waals surface area (Å²) in [5.74, 6) is 0.132. The Labute approximate surface area is 132 Å². The minimum absolute atomic E-state index is 0.0998. The summed E-state index contributed by atoms with van der Waals surface area (Å²) in [4.78, 5) is 26.5. The number of rotatable bonds is 5. The molecule has 5 nitrogen and oxygen atoms in total. The molecule has 1 N–H and O–H groups in total. The van der Waals surface area contributed by atoms with Gasteiger partial charge in [0, 0.05) is 5.39 Å². The van der Waals surface area contributed by atoms with Crippen LogP contribution in [0.3, 0.4) is 0 Å². The lowest BCUT2D eigenvalue weighted by molar-refractivity contribution is 0.0443. The van der Waals surface area contributed by atoms with Crippen LogP contribution in [0.4, 0.5) is 0 Å². The van der Waals surface area contributed by atoms with Crippen molar-refractivity contribution in [2.24, 2.45) is 0 Å². The fraction of sp³-hybridized carbons (Fsp3) is 0.111. The van der Waals surface area contributed by atoms with Gasteiger partial charge in [0.05, 0.1) is 0 Å². The molecule has 1 aromatic heterocycles. The quantitative estimate of drug-likeness (QED) is 0.581. The van der Waals surface area contributed by atoms with Crippen molar-refractivity contribution in [3.8, 4) is 5.75 Å². The first-order chi connectivity index (χ1) is 11.2. The number of fused-ring (bicyclic) bond motifs is 1. The number of carbonyl (C=O) groups is 1. The number of benzene rings is 2. The van der Waals surface area contributed by atoms with Crippen molar-refractivity contribution in [3.63, 3.8) is 0 Å². The largest absolute Gasteiger partial charge is 0.490 e. The van der Waals surface area contributed by atoms with Gasteiger partial charge in [-0.25, -0.2) is 4.79 Å². The first-order valence-corrected chi connectivity index (χ1v) is 7.21.